The first-order valence-corrected chi connectivity index (χ1v) is 8.37. The maximum Gasteiger partial charge on any atom is 0.111 e. The highest BCUT2D eigenvalue weighted by Gasteiger charge is 2.35. The fraction of sp³-hybridized carbons (Fsp3) is 0.611. The lowest BCUT2D eigenvalue weighted by Crippen LogP contribution is -2.50. The molecule has 0 radical (unpaired) electrons. The second-order valence-electron chi connectivity index (χ2n) is 6.73. The molecule has 2 atom stereocenters. The molecule has 0 saturated heterocycles. The summed E-state index contributed by atoms with van der Waals surface area (Å²) in [7, 11) is 0. The van der Waals surface area contributed by atoms with Gasteiger partial charge in [-0.2, -0.15) is 0 Å². The van der Waals surface area contributed by atoms with Crippen LogP contribution in [0.1, 0.15) is 51.8 Å². The molecule has 0 amide bonds. The smallest absolute Gasteiger partial charge is 0.111 e. The van der Waals surface area contributed by atoms with Crippen LogP contribution in [0.2, 0.25) is 0 Å². The minimum atomic E-state index is -0.0783. The Morgan fingerprint density at radius 3 is 2.90 bits per heavy atom. The summed E-state index contributed by atoms with van der Waals surface area (Å²) in [5, 5.41) is 0. The molecule has 0 bridgehead atoms. The number of hydrogen-bond donors (Lipinski definition) is 1. The number of benzene rings is 1. The number of aromatic nitrogens is 2. The maximum absolute atomic E-state index is 6.77. The largest absolute Gasteiger partial charge is 0.328 e. The van der Waals surface area contributed by atoms with Crippen LogP contribution in [-0.2, 0) is 13.0 Å². The fourth-order valence-corrected chi connectivity index (χ4v) is 3.73. The Morgan fingerprint density at radius 2 is 2.14 bits per heavy atom. The van der Waals surface area contributed by atoms with Gasteiger partial charge in [-0.15, -0.1) is 0 Å². The molecule has 1 aromatic carbocycles. The lowest BCUT2D eigenvalue weighted by atomic mass is 9.72. The van der Waals surface area contributed by atoms with Gasteiger partial charge in [0.05, 0.1) is 11.0 Å². The number of imidazole rings is 1. The van der Waals surface area contributed by atoms with Crippen LogP contribution >= 0.6 is 0 Å². The number of para-hydroxylation sites is 2. The van der Waals surface area contributed by atoms with Gasteiger partial charge in [0.2, 0.25) is 0 Å². The summed E-state index contributed by atoms with van der Waals surface area (Å²) >= 11 is 0. The standard InChI is InChI=1S/C18H27N3/c1-3-12-21-16-10-5-4-9-15(16)20-17(21)13-18(19)11-7-6-8-14(18)2/h4-5,9-10,14H,3,6-8,11-13,19H2,1-2H3. The molecule has 2 aromatic rings. The average Bonchev–Trinajstić information content (AvgIpc) is 2.81. The Kier molecular flexibility index (Phi) is 4.03. The Morgan fingerprint density at radius 1 is 1.33 bits per heavy atom. The predicted octanol–water partition coefficient (Wildman–Crippen LogP) is 3.90. The van der Waals surface area contributed by atoms with Crippen molar-refractivity contribution in [1.82, 2.24) is 9.55 Å². The summed E-state index contributed by atoms with van der Waals surface area (Å²) in [6.45, 7) is 5.56. The lowest BCUT2D eigenvalue weighted by molar-refractivity contribution is 0.199. The molecular formula is C18H27N3. The Balaban J connectivity index is 1.97. The van der Waals surface area contributed by atoms with Gasteiger partial charge in [-0.1, -0.05) is 38.8 Å². The molecule has 3 nitrogen and oxygen atoms in total. The quantitative estimate of drug-likeness (QED) is 0.926. The van der Waals surface area contributed by atoms with E-state index >= 15 is 0 Å². The molecule has 3 rings (SSSR count). The van der Waals surface area contributed by atoms with E-state index in [0.717, 1.165) is 31.3 Å². The minimum Gasteiger partial charge on any atom is -0.328 e. The molecule has 114 valence electrons. The highest BCUT2D eigenvalue weighted by atomic mass is 15.1. The minimum absolute atomic E-state index is 0.0783. The van der Waals surface area contributed by atoms with Gasteiger partial charge in [-0.25, -0.2) is 4.98 Å². The molecule has 1 aliphatic rings. The van der Waals surface area contributed by atoms with E-state index < -0.39 is 0 Å². The second-order valence-corrected chi connectivity index (χ2v) is 6.73. The number of nitrogens with two attached hydrogens (primary N) is 1. The van der Waals surface area contributed by atoms with E-state index in [1.54, 1.807) is 0 Å². The van der Waals surface area contributed by atoms with Gasteiger partial charge < -0.3 is 10.3 Å². The Labute approximate surface area is 127 Å². The lowest BCUT2D eigenvalue weighted by Gasteiger charge is -2.39. The van der Waals surface area contributed by atoms with Crippen LogP contribution in [0.3, 0.4) is 0 Å². The molecule has 0 aliphatic heterocycles. The van der Waals surface area contributed by atoms with Crippen LogP contribution < -0.4 is 5.73 Å². The van der Waals surface area contributed by atoms with Crippen molar-refractivity contribution in [1.29, 1.82) is 0 Å². The van der Waals surface area contributed by atoms with E-state index in [2.05, 4.69) is 42.7 Å². The molecule has 1 aromatic heterocycles. The SMILES string of the molecule is CCCn1c(CC2(N)CCCCC2C)nc2ccccc21. The summed E-state index contributed by atoms with van der Waals surface area (Å²) in [6.07, 6.45) is 7.00. The van der Waals surface area contributed by atoms with Crippen LogP contribution in [0.5, 0.6) is 0 Å². The zero-order valence-corrected chi connectivity index (χ0v) is 13.3. The molecule has 1 fully saturated rings. The van der Waals surface area contributed by atoms with E-state index in [1.165, 1.54) is 30.6 Å². The van der Waals surface area contributed by atoms with Gasteiger partial charge in [-0.05, 0) is 37.3 Å². The number of hydrogen-bond acceptors (Lipinski definition) is 2. The van der Waals surface area contributed by atoms with Crippen LogP contribution in [0, 0.1) is 5.92 Å². The molecule has 2 N–H and O–H groups in total. The van der Waals surface area contributed by atoms with Crippen LogP contribution in [0.25, 0.3) is 11.0 Å². The van der Waals surface area contributed by atoms with Crippen molar-refractivity contribution in [2.24, 2.45) is 11.7 Å². The summed E-state index contributed by atoms with van der Waals surface area (Å²) < 4.78 is 2.38. The normalized spacial score (nSPS) is 26.3. The molecule has 2 unspecified atom stereocenters. The highest BCUT2D eigenvalue weighted by Crippen LogP contribution is 2.34. The zero-order chi connectivity index (χ0) is 14.9. The number of fused-ring (bicyclic) bond motifs is 1. The summed E-state index contributed by atoms with van der Waals surface area (Å²) in [5.74, 6) is 1.76. The number of nitrogens with zero attached hydrogens (tertiary/aromatic N) is 2. The van der Waals surface area contributed by atoms with Crippen molar-refractivity contribution in [3.8, 4) is 0 Å². The van der Waals surface area contributed by atoms with Gasteiger partial charge in [0.25, 0.3) is 0 Å². The monoisotopic (exact) mass is 285 g/mol. The predicted molar refractivity (Wildman–Crippen MR) is 88.3 cm³/mol. The molecule has 21 heavy (non-hydrogen) atoms. The molecular weight excluding hydrogens is 258 g/mol. The van der Waals surface area contributed by atoms with Gasteiger partial charge >= 0.3 is 0 Å². The summed E-state index contributed by atoms with van der Waals surface area (Å²) in [4.78, 5) is 4.89. The molecule has 1 aliphatic carbocycles. The van der Waals surface area contributed by atoms with Crippen LogP contribution in [-0.4, -0.2) is 15.1 Å². The van der Waals surface area contributed by atoms with Crippen molar-refractivity contribution >= 4 is 11.0 Å². The first kappa shape index (κ1) is 14.6. The topological polar surface area (TPSA) is 43.8 Å². The van der Waals surface area contributed by atoms with E-state index in [1.807, 2.05) is 0 Å². The third-order valence-corrected chi connectivity index (χ3v) is 5.18. The van der Waals surface area contributed by atoms with E-state index in [0.29, 0.717) is 5.92 Å². The van der Waals surface area contributed by atoms with Gasteiger partial charge in [0, 0.05) is 18.5 Å². The van der Waals surface area contributed by atoms with Gasteiger partial charge in [0.15, 0.2) is 0 Å². The number of rotatable bonds is 4. The Bertz CT molecular complexity index is 616. The summed E-state index contributed by atoms with van der Waals surface area (Å²) in [5.41, 5.74) is 9.05. The van der Waals surface area contributed by atoms with E-state index in [9.17, 15) is 0 Å². The third-order valence-electron chi connectivity index (χ3n) is 5.18. The first-order valence-electron chi connectivity index (χ1n) is 8.37. The summed E-state index contributed by atoms with van der Waals surface area (Å²) in [6, 6.07) is 8.45. The first-order chi connectivity index (χ1) is 10.1. The van der Waals surface area contributed by atoms with Crippen molar-refractivity contribution in [2.45, 2.75) is 64.5 Å². The third kappa shape index (κ3) is 2.71. The van der Waals surface area contributed by atoms with Crippen LogP contribution in [0.4, 0.5) is 0 Å². The maximum atomic E-state index is 6.77. The second kappa shape index (κ2) is 5.80. The molecule has 1 saturated carbocycles. The number of aryl methyl sites for hydroxylation is 1. The molecule has 3 heteroatoms. The van der Waals surface area contributed by atoms with Gasteiger partial charge in [0.1, 0.15) is 5.82 Å². The fourth-order valence-electron chi connectivity index (χ4n) is 3.73. The zero-order valence-electron chi connectivity index (χ0n) is 13.3. The Hall–Kier alpha value is -1.35. The van der Waals surface area contributed by atoms with Crippen molar-refractivity contribution < 1.29 is 0 Å². The average molecular weight is 285 g/mol. The van der Waals surface area contributed by atoms with Crippen molar-refractivity contribution in [2.75, 3.05) is 0 Å². The van der Waals surface area contributed by atoms with Crippen molar-refractivity contribution in [3.63, 3.8) is 0 Å². The molecule has 0 spiro atoms. The van der Waals surface area contributed by atoms with Crippen LogP contribution in [0.15, 0.2) is 24.3 Å². The molecule has 1 heterocycles. The van der Waals surface area contributed by atoms with E-state index in [4.69, 9.17) is 10.7 Å². The highest BCUT2D eigenvalue weighted by molar-refractivity contribution is 5.75. The van der Waals surface area contributed by atoms with Gasteiger partial charge in [-0.3, -0.25) is 0 Å². The van der Waals surface area contributed by atoms with E-state index in [-0.39, 0.29) is 5.54 Å². The van der Waals surface area contributed by atoms with Crippen molar-refractivity contribution in [3.05, 3.63) is 30.1 Å².